The Morgan fingerprint density at radius 2 is 2.00 bits per heavy atom. The molecule has 0 aromatic heterocycles. The van der Waals surface area contributed by atoms with Crippen LogP contribution in [-0.2, 0) is 9.59 Å². The number of carbonyl (C=O) groups excluding carboxylic acids is 2. The highest BCUT2D eigenvalue weighted by molar-refractivity contribution is 5.96. The Hall–Kier alpha value is -2.51. The van der Waals surface area contributed by atoms with E-state index in [-0.39, 0.29) is 18.7 Å². The summed E-state index contributed by atoms with van der Waals surface area (Å²) in [6, 6.07) is 2.68. The summed E-state index contributed by atoms with van der Waals surface area (Å²) in [4.78, 5) is 36.2. The minimum Gasteiger partial charge on any atom is -0.481 e. The third-order valence-electron chi connectivity index (χ3n) is 3.71. The average Bonchev–Trinajstić information content (AvgIpc) is 2.54. The predicted molar refractivity (Wildman–Crippen MR) is 75.6 cm³/mol. The molecule has 23 heavy (non-hydrogen) atoms. The SMILES string of the molecule is O=C(NCC(=O)N1CCCC(C(=O)O)C1)c1ccc(F)c(F)c1. The summed E-state index contributed by atoms with van der Waals surface area (Å²) in [6.45, 7) is 0.211. The van der Waals surface area contributed by atoms with E-state index in [0.717, 1.165) is 18.2 Å². The van der Waals surface area contributed by atoms with Gasteiger partial charge < -0.3 is 15.3 Å². The third-order valence-corrected chi connectivity index (χ3v) is 3.71. The van der Waals surface area contributed by atoms with Crippen LogP contribution in [0.3, 0.4) is 0 Å². The lowest BCUT2D eigenvalue weighted by atomic mass is 9.98. The highest BCUT2D eigenvalue weighted by Crippen LogP contribution is 2.16. The first-order valence-electron chi connectivity index (χ1n) is 7.12. The molecule has 2 N–H and O–H groups in total. The number of halogens is 2. The monoisotopic (exact) mass is 326 g/mol. The molecular weight excluding hydrogens is 310 g/mol. The van der Waals surface area contributed by atoms with Crippen molar-refractivity contribution in [2.24, 2.45) is 5.92 Å². The second-order valence-corrected chi connectivity index (χ2v) is 5.33. The number of benzene rings is 1. The van der Waals surface area contributed by atoms with Crippen LogP contribution in [-0.4, -0.2) is 47.4 Å². The summed E-state index contributed by atoms with van der Waals surface area (Å²) in [6.07, 6.45) is 1.10. The van der Waals surface area contributed by atoms with E-state index in [1.165, 1.54) is 4.90 Å². The Bertz CT molecular complexity index is 636. The van der Waals surface area contributed by atoms with Crippen LogP contribution in [0.4, 0.5) is 8.78 Å². The van der Waals surface area contributed by atoms with Crippen molar-refractivity contribution in [3.05, 3.63) is 35.4 Å². The predicted octanol–water partition coefficient (Wildman–Crippen LogP) is 1.02. The molecule has 0 spiro atoms. The van der Waals surface area contributed by atoms with Crippen LogP contribution in [0.5, 0.6) is 0 Å². The first-order valence-corrected chi connectivity index (χ1v) is 7.12. The second kappa shape index (κ2) is 7.17. The summed E-state index contributed by atoms with van der Waals surface area (Å²) >= 11 is 0. The van der Waals surface area contributed by atoms with E-state index in [1.54, 1.807) is 0 Å². The van der Waals surface area contributed by atoms with Gasteiger partial charge in [0.1, 0.15) is 0 Å². The highest BCUT2D eigenvalue weighted by Gasteiger charge is 2.28. The lowest BCUT2D eigenvalue weighted by Crippen LogP contribution is -2.46. The van der Waals surface area contributed by atoms with Crippen LogP contribution in [0.1, 0.15) is 23.2 Å². The Morgan fingerprint density at radius 3 is 2.65 bits per heavy atom. The molecule has 1 aliphatic heterocycles. The molecule has 0 saturated carbocycles. The van der Waals surface area contributed by atoms with Gasteiger partial charge in [-0.15, -0.1) is 0 Å². The Morgan fingerprint density at radius 1 is 1.26 bits per heavy atom. The van der Waals surface area contributed by atoms with Crippen LogP contribution in [0, 0.1) is 17.6 Å². The normalized spacial score (nSPS) is 17.7. The molecule has 1 aliphatic rings. The van der Waals surface area contributed by atoms with Gasteiger partial charge in [0.2, 0.25) is 5.91 Å². The molecule has 1 unspecified atom stereocenters. The Labute approximate surface area is 131 Å². The number of aliphatic carboxylic acids is 1. The molecule has 2 amide bonds. The maximum atomic E-state index is 13.1. The lowest BCUT2D eigenvalue weighted by Gasteiger charge is -2.30. The number of rotatable bonds is 4. The Balaban J connectivity index is 1.89. The fourth-order valence-electron chi connectivity index (χ4n) is 2.41. The van der Waals surface area contributed by atoms with Crippen molar-refractivity contribution in [3.8, 4) is 0 Å². The molecule has 1 fully saturated rings. The first kappa shape index (κ1) is 16.9. The number of amides is 2. The molecule has 0 radical (unpaired) electrons. The molecule has 1 aromatic rings. The van der Waals surface area contributed by atoms with Crippen molar-refractivity contribution in [2.45, 2.75) is 12.8 Å². The van der Waals surface area contributed by atoms with Crippen LogP contribution in [0.25, 0.3) is 0 Å². The maximum absolute atomic E-state index is 13.1. The molecule has 1 saturated heterocycles. The van der Waals surface area contributed by atoms with E-state index in [4.69, 9.17) is 5.11 Å². The number of nitrogens with one attached hydrogen (secondary N) is 1. The summed E-state index contributed by atoms with van der Waals surface area (Å²) in [5.41, 5.74) is -0.0984. The molecule has 1 heterocycles. The fourth-order valence-corrected chi connectivity index (χ4v) is 2.41. The van der Waals surface area contributed by atoms with Crippen LogP contribution in [0.2, 0.25) is 0 Å². The van der Waals surface area contributed by atoms with Gasteiger partial charge in [0.05, 0.1) is 12.5 Å². The highest BCUT2D eigenvalue weighted by atomic mass is 19.2. The van der Waals surface area contributed by atoms with Gasteiger partial charge in [-0.25, -0.2) is 8.78 Å². The van der Waals surface area contributed by atoms with Gasteiger partial charge >= 0.3 is 5.97 Å². The van der Waals surface area contributed by atoms with Crippen LogP contribution < -0.4 is 5.32 Å². The van der Waals surface area contributed by atoms with Crippen molar-refractivity contribution >= 4 is 17.8 Å². The van der Waals surface area contributed by atoms with Gasteiger partial charge in [-0.05, 0) is 31.0 Å². The molecule has 0 aliphatic carbocycles. The number of hydrogen-bond acceptors (Lipinski definition) is 3. The number of nitrogens with zero attached hydrogens (tertiary/aromatic N) is 1. The number of piperidine rings is 1. The van der Waals surface area contributed by atoms with E-state index in [2.05, 4.69) is 5.32 Å². The zero-order valence-corrected chi connectivity index (χ0v) is 12.2. The molecule has 124 valence electrons. The molecule has 0 bridgehead atoms. The molecule has 8 heteroatoms. The molecule has 1 aromatic carbocycles. The van der Waals surface area contributed by atoms with E-state index in [1.807, 2.05) is 0 Å². The van der Waals surface area contributed by atoms with Gasteiger partial charge in [-0.3, -0.25) is 14.4 Å². The molecular formula is C15H16F2N2O4. The van der Waals surface area contributed by atoms with Gasteiger partial charge in [-0.1, -0.05) is 0 Å². The molecule has 1 atom stereocenters. The number of carboxylic acids is 1. The largest absolute Gasteiger partial charge is 0.481 e. The van der Waals surface area contributed by atoms with Gasteiger partial charge in [0, 0.05) is 18.7 Å². The second-order valence-electron chi connectivity index (χ2n) is 5.33. The average molecular weight is 326 g/mol. The number of likely N-dealkylation sites (tertiary alicyclic amines) is 1. The fraction of sp³-hybridized carbons (Fsp3) is 0.400. The van der Waals surface area contributed by atoms with E-state index in [0.29, 0.717) is 19.4 Å². The zero-order chi connectivity index (χ0) is 17.0. The minimum atomic E-state index is -1.15. The van der Waals surface area contributed by atoms with Gasteiger partial charge in [-0.2, -0.15) is 0 Å². The minimum absolute atomic E-state index is 0.0984. The number of carboxylic acid groups (broad SMARTS) is 1. The summed E-state index contributed by atoms with van der Waals surface area (Å²) in [7, 11) is 0. The van der Waals surface area contributed by atoms with Crippen molar-refractivity contribution < 1.29 is 28.3 Å². The summed E-state index contributed by atoms with van der Waals surface area (Å²) < 4.78 is 25.9. The van der Waals surface area contributed by atoms with E-state index in [9.17, 15) is 23.2 Å². The number of hydrogen-bond donors (Lipinski definition) is 2. The molecule has 6 nitrogen and oxygen atoms in total. The van der Waals surface area contributed by atoms with Crippen molar-refractivity contribution in [3.63, 3.8) is 0 Å². The Kier molecular flexibility index (Phi) is 5.25. The van der Waals surface area contributed by atoms with Gasteiger partial charge in [0.15, 0.2) is 11.6 Å². The van der Waals surface area contributed by atoms with E-state index >= 15 is 0 Å². The standard InChI is InChI=1S/C15H16F2N2O4/c16-11-4-3-9(6-12(11)17)14(21)18-7-13(20)19-5-1-2-10(8-19)15(22)23/h3-4,6,10H,1-2,5,7-8H2,(H,18,21)(H,22,23). The number of carbonyl (C=O) groups is 3. The smallest absolute Gasteiger partial charge is 0.308 e. The van der Waals surface area contributed by atoms with Crippen LogP contribution in [0.15, 0.2) is 18.2 Å². The first-order chi connectivity index (χ1) is 10.9. The van der Waals surface area contributed by atoms with E-state index < -0.39 is 35.3 Å². The van der Waals surface area contributed by atoms with Crippen molar-refractivity contribution in [1.29, 1.82) is 0 Å². The maximum Gasteiger partial charge on any atom is 0.308 e. The lowest BCUT2D eigenvalue weighted by molar-refractivity contribution is -0.145. The van der Waals surface area contributed by atoms with Crippen LogP contribution >= 0.6 is 0 Å². The van der Waals surface area contributed by atoms with Crippen molar-refractivity contribution in [2.75, 3.05) is 19.6 Å². The third kappa shape index (κ3) is 4.24. The van der Waals surface area contributed by atoms with Crippen molar-refractivity contribution in [1.82, 2.24) is 10.2 Å². The summed E-state index contributed by atoms with van der Waals surface area (Å²) in [5.74, 6) is -4.88. The topological polar surface area (TPSA) is 86.7 Å². The quantitative estimate of drug-likeness (QED) is 0.865. The van der Waals surface area contributed by atoms with Gasteiger partial charge in [0.25, 0.3) is 5.91 Å². The zero-order valence-electron chi connectivity index (χ0n) is 12.2. The summed E-state index contributed by atoms with van der Waals surface area (Å²) in [5, 5.41) is 11.3. The molecule has 2 rings (SSSR count).